The van der Waals surface area contributed by atoms with E-state index < -0.39 is 6.10 Å². The number of aliphatic hydroxyl groups is 1. The van der Waals surface area contributed by atoms with E-state index in [1.54, 1.807) is 41.2 Å². The van der Waals surface area contributed by atoms with Gasteiger partial charge in [-0.25, -0.2) is 4.98 Å². The lowest BCUT2D eigenvalue weighted by atomic mass is 9.98. The summed E-state index contributed by atoms with van der Waals surface area (Å²) in [6, 6.07) is 18.6. The number of benzene rings is 2. The molecule has 2 amide bonds. The van der Waals surface area contributed by atoms with E-state index in [0.717, 1.165) is 16.7 Å². The molecule has 1 N–H and O–H groups in total. The minimum absolute atomic E-state index is 0.104. The predicted molar refractivity (Wildman–Crippen MR) is 139 cm³/mol. The first-order chi connectivity index (χ1) is 17.3. The van der Waals surface area contributed by atoms with Crippen molar-refractivity contribution in [2.45, 2.75) is 32.9 Å². The number of hydrogen-bond donors (Lipinski definition) is 1. The molecule has 0 fully saturated rings. The second kappa shape index (κ2) is 10.9. The van der Waals surface area contributed by atoms with E-state index in [1.807, 2.05) is 63.2 Å². The molecule has 0 saturated carbocycles. The number of aryl methyl sites for hydroxylation is 1. The summed E-state index contributed by atoms with van der Waals surface area (Å²) in [6.45, 7) is 6.38. The molecule has 0 aliphatic carbocycles. The second-order valence-corrected chi connectivity index (χ2v) is 9.62. The minimum atomic E-state index is -0.402. The molecule has 0 spiro atoms. The van der Waals surface area contributed by atoms with Gasteiger partial charge in [-0.1, -0.05) is 55.0 Å². The summed E-state index contributed by atoms with van der Waals surface area (Å²) in [7, 11) is 1.75. The van der Waals surface area contributed by atoms with Gasteiger partial charge >= 0.3 is 0 Å². The van der Waals surface area contributed by atoms with E-state index in [4.69, 9.17) is 4.74 Å². The second-order valence-electron chi connectivity index (χ2n) is 9.62. The van der Waals surface area contributed by atoms with Crippen LogP contribution in [-0.4, -0.2) is 70.6 Å². The maximum absolute atomic E-state index is 13.6. The molecule has 0 saturated heterocycles. The Balaban J connectivity index is 1.68. The van der Waals surface area contributed by atoms with Gasteiger partial charge in [0.1, 0.15) is 11.7 Å². The zero-order valence-electron chi connectivity index (χ0n) is 21.2. The van der Waals surface area contributed by atoms with E-state index in [0.29, 0.717) is 24.2 Å². The van der Waals surface area contributed by atoms with Gasteiger partial charge < -0.3 is 19.6 Å². The number of aromatic nitrogens is 1. The number of amides is 2. The highest BCUT2D eigenvalue weighted by Crippen LogP contribution is 2.30. The molecule has 0 unspecified atom stereocenters. The summed E-state index contributed by atoms with van der Waals surface area (Å²) < 4.78 is 6.33. The van der Waals surface area contributed by atoms with E-state index in [1.165, 1.54) is 0 Å². The van der Waals surface area contributed by atoms with Crippen molar-refractivity contribution in [1.29, 1.82) is 0 Å². The number of carbonyl (C=O) groups is 2. The Morgan fingerprint density at radius 2 is 1.86 bits per heavy atom. The van der Waals surface area contributed by atoms with Gasteiger partial charge in [0.2, 0.25) is 5.88 Å². The number of aliphatic hydroxyl groups excluding tert-OH is 1. The van der Waals surface area contributed by atoms with Crippen LogP contribution in [0.15, 0.2) is 66.9 Å². The highest BCUT2D eigenvalue weighted by atomic mass is 16.5. The average molecular weight is 488 g/mol. The van der Waals surface area contributed by atoms with Crippen molar-refractivity contribution < 1.29 is 19.4 Å². The fraction of sp³-hybridized carbons (Fsp3) is 0.345. The van der Waals surface area contributed by atoms with Crippen molar-refractivity contribution >= 4 is 11.8 Å². The van der Waals surface area contributed by atoms with Crippen LogP contribution in [0, 0.1) is 12.8 Å². The van der Waals surface area contributed by atoms with Crippen LogP contribution in [0.25, 0.3) is 11.1 Å². The maximum Gasteiger partial charge on any atom is 0.259 e. The molecule has 4 rings (SSSR count). The minimum Gasteiger partial charge on any atom is -0.472 e. The topological polar surface area (TPSA) is 83.0 Å². The quantitative estimate of drug-likeness (QED) is 0.567. The van der Waals surface area contributed by atoms with Gasteiger partial charge in [-0.2, -0.15) is 0 Å². The number of pyridine rings is 1. The van der Waals surface area contributed by atoms with Crippen molar-refractivity contribution in [3.63, 3.8) is 0 Å². The van der Waals surface area contributed by atoms with Crippen LogP contribution in [0.3, 0.4) is 0 Å². The number of likely N-dealkylation sites (N-methyl/N-ethyl adjacent to an activating group) is 1. The first-order valence-electron chi connectivity index (χ1n) is 12.2. The smallest absolute Gasteiger partial charge is 0.259 e. The zero-order chi connectivity index (χ0) is 25.8. The molecule has 36 heavy (non-hydrogen) atoms. The monoisotopic (exact) mass is 487 g/mol. The zero-order valence-corrected chi connectivity index (χ0v) is 21.2. The Morgan fingerprint density at radius 3 is 2.53 bits per heavy atom. The number of ether oxygens (including phenoxy) is 1. The lowest BCUT2D eigenvalue weighted by molar-refractivity contribution is 0.0313. The lowest BCUT2D eigenvalue weighted by Gasteiger charge is -2.37. The standard InChI is InChI=1S/C29H33N3O4/c1-19-10-12-22(13-11-19)24-14-25-27(30-15-24)36-26(20(2)16-32(29(25)35)21(3)18-33)17-31(4)28(34)23-8-6-5-7-9-23/h5-15,20-21,26,33H,16-18H2,1-4H3/t20-,21+,26-/m1/s1. The summed E-state index contributed by atoms with van der Waals surface area (Å²) in [4.78, 5) is 34.5. The van der Waals surface area contributed by atoms with Crippen LogP contribution in [0.4, 0.5) is 0 Å². The molecule has 2 heterocycles. The van der Waals surface area contributed by atoms with Crippen LogP contribution in [0.1, 0.15) is 40.1 Å². The predicted octanol–water partition coefficient (Wildman–Crippen LogP) is 4.05. The fourth-order valence-corrected chi connectivity index (χ4v) is 4.38. The molecule has 0 bridgehead atoms. The number of nitrogens with zero attached hydrogens (tertiary/aromatic N) is 3. The third kappa shape index (κ3) is 5.41. The van der Waals surface area contributed by atoms with Gasteiger partial charge in [-0.05, 0) is 37.6 Å². The molecular weight excluding hydrogens is 454 g/mol. The number of fused-ring (bicyclic) bond motifs is 1. The highest BCUT2D eigenvalue weighted by molar-refractivity contribution is 5.98. The van der Waals surface area contributed by atoms with Gasteiger partial charge in [-0.15, -0.1) is 0 Å². The van der Waals surface area contributed by atoms with Crippen molar-refractivity contribution in [2.75, 3.05) is 26.7 Å². The Kier molecular flexibility index (Phi) is 7.70. The summed E-state index contributed by atoms with van der Waals surface area (Å²) in [5, 5.41) is 9.88. The summed E-state index contributed by atoms with van der Waals surface area (Å²) in [5.74, 6) is -0.205. The molecule has 7 nitrogen and oxygen atoms in total. The molecule has 3 atom stereocenters. The molecule has 1 aromatic heterocycles. The molecule has 0 radical (unpaired) electrons. The van der Waals surface area contributed by atoms with Gasteiger partial charge in [-0.3, -0.25) is 9.59 Å². The molecular formula is C29H33N3O4. The van der Waals surface area contributed by atoms with Crippen LogP contribution in [-0.2, 0) is 0 Å². The lowest BCUT2D eigenvalue weighted by Crippen LogP contribution is -2.50. The van der Waals surface area contributed by atoms with Crippen molar-refractivity contribution in [2.24, 2.45) is 5.92 Å². The van der Waals surface area contributed by atoms with E-state index in [9.17, 15) is 14.7 Å². The number of hydrogen-bond acceptors (Lipinski definition) is 5. The van der Waals surface area contributed by atoms with Gasteiger partial charge in [0.05, 0.1) is 19.2 Å². The maximum atomic E-state index is 13.6. The van der Waals surface area contributed by atoms with Crippen molar-refractivity contribution in [3.8, 4) is 17.0 Å². The fourth-order valence-electron chi connectivity index (χ4n) is 4.38. The molecule has 1 aliphatic rings. The van der Waals surface area contributed by atoms with Crippen molar-refractivity contribution in [1.82, 2.24) is 14.8 Å². The van der Waals surface area contributed by atoms with Crippen LogP contribution in [0.5, 0.6) is 5.88 Å². The Bertz CT molecular complexity index is 1210. The molecule has 2 aromatic carbocycles. The SMILES string of the molecule is Cc1ccc(-c2cnc3c(c2)C(=O)N([C@@H](C)CO)C[C@@H](C)[C@@H](CN(C)C(=O)c2ccccc2)O3)cc1. The third-order valence-electron chi connectivity index (χ3n) is 6.73. The Labute approximate surface area is 212 Å². The van der Waals surface area contributed by atoms with Crippen LogP contribution >= 0.6 is 0 Å². The van der Waals surface area contributed by atoms with Crippen molar-refractivity contribution in [3.05, 3.63) is 83.6 Å². The molecule has 1 aliphatic heterocycles. The number of rotatable bonds is 6. The molecule has 7 heteroatoms. The Hall–Kier alpha value is -3.71. The average Bonchev–Trinajstić information content (AvgIpc) is 2.90. The van der Waals surface area contributed by atoms with E-state index in [-0.39, 0.29) is 36.3 Å². The third-order valence-corrected chi connectivity index (χ3v) is 6.73. The van der Waals surface area contributed by atoms with E-state index in [2.05, 4.69) is 4.98 Å². The summed E-state index contributed by atoms with van der Waals surface area (Å²) in [6.07, 6.45) is 1.30. The van der Waals surface area contributed by atoms with Gasteiger partial charge in [0.25, 0.3) is 11.8 Å². The van der Waals surface area contributed by atoms with Crippen LogP contribution < -0.4 is 4.74 Å². The highest BCUT2D eigenvalue weighted by Gasteiger charge is 2.34. The van der Waals surface area contributed by atoms with Crippen LogP contribution in [0.2, 0.25) is 0 Å². The van der Waals surface area contributed by atoms with E-state index >= 15 is 0 Å². The first kappa shape index (κ1) is 25.4. The summed E-state index contributed by atoms with van der Waals surface area (Å²) >= 11 is 0. The van der Waals surface area contributed by atoms with Gasteiger partial charge in [0, 0.05) is 36.8 Å². The van der Waals surface area contributed by atoms with Gasteiger partial charge in [0.15, 0.2) is 0 Å². The first-order valence-corrected chi connectivity index (χ1v) is 12.2. The summed E-state index contributed by atoms with van der Waals surface area (Å²) in [5.41, 5.74) is 3.86. The largest absolute Gasteiger partial charge is 0.472 e. The normalized spacial score (nSPS) is 18.5. The molecule has 188 valence electrons. The number of carbonyl (C=O) groups excluding carboxylic acids is 2. The molecule has 3 aromatic rings. The Morgan fingerprint density at radius 1 is 1.17 bits per heavy atom.